The van der Waals surface area contributed by atoms with Crippen molar-refractivity contribution in [3.63, 3.8) is 0 Å². The molecule has 186 valence electrons. The second-order valence-corrected chi connectivity index (χ2v) is 9.52. The molecule has 2 fully saturated rings. The van der Waals surface area contributed by atoms with Crippen LogP contribution in [0.4, 0.5) is 0 Å². The lowest BCUT2D eigenvalue weighted by molar-refractivity contribution is -0.231. The summed E-state index contributed by atoms with van der Waals surface area (Å²) < 4.78 is 17.4. The molecule has 0 spiro atoms. The van der Waals surface area contributed by atoms with Gasteiger partial charge in [0.1, 0.15) is 42.4 Å². The Morgan fingerprint density at radius 2 is 1.68 bits per heavy atom. The fourth-order valence-electron chi connectivity index (χ4n) is 4.96. The van der Waals surface area contributed by atoms with E-state index in [0.29, 0.717) is 12.0 Å². The van der Waals surface area contributed by atoms with Gasteiger partial charge in [-0.05, 0) is 67.0 Å². The molecule has 1 saturated carbocycles. The van der Waals surface area contributed by atoms with Gasteiger partial charge in [0, 0.05) is 13.5 Å². The molecule has 7 atom stereocenters. The first-order valence-corrected chi connectivity index (χ1v) is 12.1. The van der Waals surface area contributed by atoms with Crippen LogP contribution in [0.3, 0.4) is 0 Å². The van der Waals surface area contributed by atoms with Gasteiger partial charge in [-0.3, -0.25) is 0 Å². The highest BCUT2D eigenvalue weighted by Gasteiger charge is 2.44. The molecule has 2 aromatic carbocycles. The van der Waals surface area contributed by atoms with Crippen molar-refractivity contribution in [2.24, 2.45) is 0 Å². The van der Waals surface area contributed by atoms with E-state index in [4.69, 9.17) is 14.2 Å². The van der Waals surface area contributed by atoms with Crippen LogP contribution in [0.5, 0.6) is 5.75 Å². The van der Waals surface area contributed by atoms with Crippen molar-refractivity contribution in [2.45, 2.75) is 81.8 Å². The van der Waals surface area contributed by atoms with Gasteiger partial charge in [0.25, 0.3) is 0 Å². The van der Waals surface area contributed by atoms with Crippen molar-refractivity contribution < 1.29 is 34.6 Å². The highest BCUT2D eigenvalue weighted by Crippen LogP contribution is 2.34. The molecule has 4 N–H and O–H groups in total. The quantitative estimate of drug-likeness (QED) is 0.490. The number of aryl methyl sites for hydroxylation is 1. The molecule has 0 aromatic heterocycles. The average Bonchev–Trinajstić information content (AvgIpc) is 2.85. The smallest absolute Gasteiger partial charge is 0.119 e. The number of hydrogen-bond acceptors (Lipinski definition) is 7. The van der Waals surface area contributed by atoms with Crippen LogP contribution in [0, 0.1) is 6.92 Å². The van der Waals surface area contributed by atoms with E-state index in [0.717, 1.165) is 48.1 Å². The Kier molecular flexibility index (Phi) is 8.24. The van der Waals surface area contributed by atoms with Crippen LogP contribution in [0.25, 0.3) is 0 Å². The molecule has 0 unspecified atom stereocenters. The normalized spacial score (nSPS) is 31.9. The molecule has 2 aliphatic rings. The van der Waals surface area contributed by atoms with E-state index in [9.17, 15) is 20.4 Å². The van der Waals surface area contributed by atoms with Crippen molar-refractivity contribution in [3.8, 4) is 5.75 Å². The molecule has 4 rings (SSSR count). The third kappa shape index (κ3) is 5.62. The number of ether oxygens (including phenoxy) is 3. The van der Waals surface area contributed by atoms with E-state index in [1.54, 1.807) is 7.11 Å². The van der Waals surface area contributed by atoms with Gasteiger partial charge in [-0.15, -0.1) is 0 Å². The van der Waals surface area contributed by atoms with E-state index >= 15 is 0 Å². The fraction of sp³-hybridized carbons (Fsp3) is 0.556. The molecule has 0 radical (unpaired) electrons. The summed E-state index contributed by atoms with van der Waals surface area (Å²) in [6, 6.07) is 13.9. The Balaban J connectivity index is 1.44. The van der Waals surface area contributed by atoms with Crippen molar-refractivity contribution in [1.82, 2.24) is 0 Å². The monoisotopic (exact) mass is 472 g/mol. The maximum atomic E-state index is 10.5. The molecule has 1 aliphatic heterocycles. The van der Waals surface area contributed by atoms with Crippen molar-refractivity contribution >= 4 is 0 Å². The van der Waals surface area contributed by atoms with E-state index in [2.05, 4.69) is 12.1 Å². The summed E-state index contributed by atoms with van der Waals surface area (Å²) in [5, 5.41) is 40.2. The molecule has 2 aromatic rings. The lowest BCUT2D eigenvalue weighted by Crippen LogP contribution is -2.55. The van der Waals surface area contributed by atoms with Gasteiger partial charge < -0.3 is 34.6 Å². The topological polar surface area (TPSA) is 109 Å². The Morgan fingerprint density at radius 1 is 0.941 bits per heavy atom. The molecular weight excluding hydrogens is 436 g/mol. The zero-order valence-electron chi connectivity index (χ0n) is 19.8. The summed E-state index contributed by atoms with van der Waals surface area (Å²) in [6.45, 7) is 1.58. The number of benzene rings is 2. The highest BCUT2D eigenvalue weighted by atomic mass is 16.5. The maximum Gasteiger partial charge on any atom is 0.119 e. The summed E-state index contributed by atoms with van der Waals surface area (Å²) in [5.41, 5.74) is 3.99. The molecule has 0 amide bonds. The number of aliphatic hydroxyl groups excluding tert-OH is 4. The highest BCUT2D eigenvalue weighted by molar-refractivity contribution is 5.38. The van der Waals surface area contributed by atoms with Gasteiger partial charge in [0.2, 0.25) is 0 Å². The van der Waals surface area contributed by atoms with Gasteiger partial charge in [0.05, 0.1) is 12.7 Å². The zero-order valence-corrected chi connectivity index (χ0v) is 19.8. The molecule has 7 nitrogen and oxygen atoms in total. The Morgan fingerprint density at radius 3 is 2.38 bits per heavy atom. The second-order valence-electron chi connectivity index (χ2n) is 9.52. The van der Waals surface area contributed by atoms with Crippen LogP contribution in [0.1, 0.15) is 54.0 Å². The van der Waals surface area contributed by atoms with Crippen LogP contribution >= 0.6 is 0 Å². The first-order chi connectivity index (χ1) is 16.4. The zero-order chi connectivity index (χ0) is 24.2. The van der Waals surface area contributed by atoms with E-state index < -0.39 is 37.1 Å². The van der Waals surface area contributed by atoms with Crippen LogP contribution in [0.2, 0.25) is 0 Å². The summed E-state index contributed by atoms with van der Waals surface area (Å²) in [7, 11) is 1.76. The summed E-state index contributed by atoms with van der Waals surface area (Å²) >= 11 is 0. The molecule has 0 bridgehead atoms. The lowest BCUT2D eigenvalue weighted by atomic mass is 9.89. The molecule has 1 heterocycles. The van der Waals surface area contributed by atoms with Crippen LogP contribution < -0.4 is 4.74 Å². The van der Waals surface area contributed by atoms with Gasteiger partial charge in [0.15, 0.2) is 0 Å². The summed E-state index contributed by atoms with van der Waals surface area (Å²) in [5.74, 6) is 0.859. The molecule has 1 aliphatic carbocycles. The summed E-state index contributed by atoms with van der Waals surface area (Å²) in [6.07, 6.45) is -0.488. The van der Waals surface area contributed by atoms with Gasteiger partial charge in [-0.2, -0.15) is 0 Å². The second kappa shape index (κ2) is 11.2. The lowest BCUT2D eigenvalue weighted by Gasteiger charge is -2.40. The van der Waals surface area contributed by atoms with E-state index in [1.807, 2.05) is 37.3 Å². The standard InChI is InChI=1S/C27H36O7/c1-16-6-9-18(27-26(31)25(30)24(29)23(15-28)34-27)13-19(16)12-17-7-10-20(11-8-17)33-22-5-3-4-21(14-22)32-2/h6-11,13,21-31H,3-5,12,14-15H2,1-2H3/t21-,22+,23+,24+,25-,26+,27-/m0/s1. The fourth-order valence-corrected chi connectivity index (χ4v) is 4.96. The minimum Gasteiger partial charge on any atom is -0.490 e. The Bertz CT molecular complexity index is 929. The van der Waals surface area contributed by atoms with Crippen LogP contribution in [0.15, 0.2) is 42.5 Å². The third-order valence-corrected chi connectivity index (χ3v) is 7.13. The Labute approximate surface area is 200 Å². The summed E-state index contributed by atoms with van der Waals surface area (Å²) in [4.78, 5) is 0. The first-order valence-electron chi connectivity index (χ1n) is 12.1. The van der Waals surface area contributed by atoms with Gasteiger partial charge in [-0.1, -0.05) is 30.3 Å². The maximum absolute atomic E-state index is 10.5. The largest absolute Gasteiger partial charge is 0.490 e. The minimum absolute atomic E-state index is 0.182. The van der Waals surface area contributed by atoms with Crippen molar-refractivity contribution in [2.75, 3.05) is 13.7 Å². The van der Waals surface area contributed by atoms with Crippen LogP contribution in [-0.2, 0) is 15.9 Å². The van der Waals surface area contributed by atoms with Gasteiger partial charge in [-0.25, -0.2) is 0 Å². The average molecular weight is 473 g/mol. The Hall–Kier alpha value is -2.00. The van der Waals surface area contributed by atoms with E-state index in [-0.39, 0.29) is 12.2 Å². The van der Waals surface area contributed by atoms with E-state index in [1.165, 1.54) is 0 Å². The minimum atomic E-state index is -1.39. The van der Waals surface area contributed by atoms with Gasteiger partial charge >= 0.3 is 0 Å². The number of aliphatic hydroxyl groups is 4. The first kappa shape index (κ1) is 25.1. The predicted octanol–water partition coefficient (Wildman–Crippen LogP) is 2.44. The number of rotatable bonds is 7. The molecule has 34 heavy (non-hydrogen) atoms. The van der Waals surface area contributed by atoms with Crippen molar-refractivity contribution in [3.05, 3.63) is 64.7 Å². The molecular formula is C27H36O7. The predicted molar refractivity (Wildman–Crippen MR) is 127 cm³/mol. The SMILES string of the molecule is CO[C@H]1CCC[C@@H](Oc2ccc(Cc3cc([C@@H]4O[C@H](CO)[C@@H](O)[C@H](O)[C@H]4O)ccc3C)cc2)C1. The molecule has 7 heteroatoms. The number of methoxy groups -OCH3 is 1. The third-order valence-electron chi connectivity index (χ3n) is 7.13. The van der Waals surface area contributed by atoms with Crippen molar-refractivity contribution in [1.29, 1.82) is 0 Å². The molecule has 1 saturated heterocycles. The number of hydrogen-bond donors (Lipinski definition) is 4. The van der Waals surface area contributed by atoms with Crippen LogP contribution in [-0.4, -0.2) is 70.8 Å².